The SMILES string of the molecule is SCCCOc1ccc(-c2c3nc(c(-c4ccc(OCCCS)cc4)c4ccc([nH]4)c(-c4ccc(OCCCS)cc4)c4nc(c(-c5ccc(OCCCS)cc5)c5ccc2[nH]5)C=C4)C=C3)cc1.[Ni]. The van der Waals surface area contributed by atoms with Gasteiger partial charge < -0.3 is 28.9 Å². The zero-order chi connectivity index (χ0) is 46.7. The number of hydrogen-bond acceptors (Lipinski definition) is 10. The van der Waals surface area contributed by atoms with Gasteiger partial charge in [0.25, 0.3) is 0 Å². The normalized spacial score (nSPS) is 11.7. The van der Waals surface area contributed by atoms with Crippen molar-refractivity contribution in [2.24, 2.45) is 0 Å². The van der Waals surface area contributed by atoms with Crippen molar-refractivity contribution < 1.29 is 35.4 Å². The monoisotopic (exact) mass is 1030 g/mol. The fourth-order valence-corrected chi connectivity index (χ4v) is 8.83. The number of fused-ring (bicyclic) bond motifs is 8. The van der Waals surface area contributed by atoms with Crippen molar-refractivity contribution in [3.63, 3.8) is 0 Å². The number of nitrogens with zero attached hydrogens (tertiary/aromatic N) is 2. The molecule has 8 nitrogen and oxygen atoms in total. The van der Waals surface area contributed by atoms with Crippen molar-refractivity contribution in [2.75, 3.05) is 49.4 Å². The molecule has 13 heteroatoms. The number of ether oxygens (including phenoxy) is 4. The number of aromatic nitrogens is 4. The Kier molecular flexibility index (Phi) is 17.7. The average Bonchev–Trinajstić information content (AvgIpc) is 4.23. The van der Waals surface area contributed by atoms with Gasteiger partial charge in [0, 0.05) is 60.8 Å². The minimum atomic E-state index is 0. The van der Waals surface area contributed by atoms with E-state index in [0.29, 0.717) is 26.4 Å². The minimum Gasteiger partial charge on any atom is -0.494 e. The van der Waals surface area contributed by atoms with Gasteiger partial charge in [-0.3, -0.25) is 0 Å². The van der Waals surface area contributed by atoms with E-state index in [2.05, 4.69) is 158 Å². The van der Waals surface area contributed by atoms with Crippen LogP contribution in [0.5, 0.6) is 23.0 Å². The van der Waals surface area contributed by atoms with Crippen molar-refractivity contribution in [3.8, 4) is 67.5 Å². The number of hydrogen-bond donors (Lipinski definition) is 6. The summed E-state index contributed by atoms with van der Waals surface area (Å²) in [6.45, 7) is 2.41. The van der Waals surface area contributed by atoms with E-state index in [1.54, 1.807) is 0 Å². The van der Waals surface area contributed by atoms with E-state index in [-0.39, 0.29) is 16.5 Å². The van der Waals surface area contributed by atoms with Gasteiger partial charge in [0.15, 0.2) is 0 Å². The van der Waals surface area contributed by atoms with E-state index in [0.717, 1.165) is 161 Å². The Balaban J connectivity index is 0.00000642. The van der Waals surface area contributed by atoms with E-state index in [9.17, 15) is 0 Å². The third-order valence-corrected chi connectivity index (χ3v) is 12.9. The van der Waals surface area contributed by atoms with Crippen LogP contribution in [0.2, 0.25) is 0 Å². The summed E-state index contributed by atoms with van der Waals surface area (Å²) >= 11 is 17.5. The van der Waals surface area contributed by atoms with E-state index in [4.69, 9.17) is 28.9 Å². The molecule has 2 N–H and O–H groups in total. The van der Waals surface area contributed by atoms with Gasteiger partial charge in [-0.2, -0.15) is 50.5 Å². The molecule has 4 aromatic carbocycles. The molecular weight excluding hydrogens is 980 g/mol. The van der Waals surface area contributed by atoms with E-state index < -0.39 is 0 Å². The number of nitrogens with one attached hydrogen (secondary N) is 2. The zero-order valence-corrected chi connectivity index (χ0v) is 42.5. The van der Waals surface area contributed by atoms with Crippen LogP contribution >= 0.6 is 50.5 Å². The van der Waals surface area contributed by atoms with Crippen LogP contribution in [0.1, 0.15) is 48.5 Å². The first-order valence-electron chi connectivity index (χ1n) is 23.1. The van der Waals surface area contributed by atoms with Crippen molar-refractivity contribution in [3.05, 3.63) is 144 Å². The van der Waals surface area contributed by atoms with E-state index in [1.807, 2.05) is 48.5 Å². The maximum absolute atomic E-state index is 6.06. The molecule has 2 aliphatic rings. The Bertz CT molecular complexity index is 2660. The fraction of sp³-hybridized carbons (Fsp3) is 0.214. The summed E-state index contributed by atoms with van der Waals surface area (Å²) in [7, 11) is 0. The summed E-state index contributed by atoms with van der Waals surface area (Å²) in [5.41, 5.74) is 14.7. The van der Waals surface area contributed by atoms with E-state index >= 15 is 0 Å². The predicted molar refractivity (Wildman–Crippen MR) is 296 cm³/mol. The molecule has 3 aromatic heterocycles. The van der Waals surface area contributed by atoms with Crippen LogP contribution in [-0.4, -0.2) is 69.4 Å². The number of aromatic amines is 2. The molecule has 5 heterocycles. The van der Waals surface area contributed by atoms with Crippen molar-refractivity contribution in [2.45, 2.75) is 25.7 Å². The van der Waals surface area contributed by atoms with Gasteiger partial charge in [0.05, 0.1) is 49.2 Å². The molecule has 0 saturated heterocycles. The first-order valence-corrected chi connectivity index (χ1v) is 25.6. The van der Waals surface area contributed by atoms with Gasteiger partial charge in [-0.15, -0.1) is 0 Å². The first-order chi connectivity index (χ1) is 33.5. The molecule has 9 rings (SSSR count). The summed E-state index contributed by atoms with van der Waals surface area (Å²) in [6, 6.07) is 41.6. The van der Waals surface area contributed by atoms with Gasteiger partial charge >= 0.3 is 0 Å². The zero-order valence-electron chi connectivity index (χ0n) is 38.0. The second-order valence-electron chi connectivity index (χ2n) is 16.3. The minimum absolute atomic E-state index is 0. The molecule has 0 atom stereocenters. The quantitative estimate of drug-likeness (QED) is 0.0259. The van der Waals surface area contributed by atoms with Crippen LogP contribution in [0.3, 0.4) is 0 Å². The molecule has 0 spiro atoms. The van der Waals surface area contributed by atoms with Crippen molar-refractivity contribution in [1.82, 2.24) is 19.9 Å². The second kappa shape index (κ2) is 24.4. The van der Waals surface area contributed by atoms with E-state index in [1.165, 1.54) is 0 Å². The second-order valence-corrected chi connectivity index (χ2v) is 18.1. The van der Waals surface area contributed by atoms with Gasteiger partial charge in [-0.05, 0) is 168 Å². The summed E-state index contributed by atoms with van der Waals surface area (Å²) in [5.74, 6) is 6.29. The topological polar surface area (TPSA) is 94.3 Å². The van der Waals surface area contributed by atoms with Crippen LogP contribution in [0.25, 0.3) is 90.9 Å². The van der Waals surface area contributed by atoms with Crippen molar-refractivity contribution in [1.29, 1.82) is 0 Å². The Morgan fingerprint density at radius 1 is 0.319 bits per heavy atom. The Hall–Kier alpha value is -5.43. The molecule has 0 radical (unpaired) electrons. The third-order valence-electron chi connectivity index (χ3n) is 11.6. The summed E-state index contributed by atoms with van der Waals surface area (Å²) < 4.78 is 24.2. The summed E-state index contributed by atoms with van der Waals surface area (Å²) in [5, 5.41) is 0. The van der Waals surface area contributed by atoms with Crippen molar-refractivity contribution >= 4 is 96.9 Å². The van der Waals surface area contributed by atoms with Gasteiger partial charge in [0.2, 0.25) is 0 Å². The van der Waals surface area contributed by atoms with Gasteiger partial charge in [-0.1, -0.05) is 48.5 Å². The summed E-state index contributed by atoms with van der Waals surface area (Å²) in [4.78, 5) is 18.7. The fourth-order valence-electron chi connectivity index (χ4n) is 8.31. The van der Waals surface area contributed by atoms with Crippen LogP contribution < -0.4 is 18.9 Å². The number of H-pyrrole nitrogens is 2. The Morgan fingerprint density at radius 3 is 0.739 bits per heavy atom. The van der Waals surface area contributed by atoms with Crippen LogP contribution in [-0.2, 0) is 16.5 Å². The van der Waals surface area contributed by atoms with Crippen LogP contribution in [0.15, 0.2) is 121 Å². The first kappa shape index (κ1) is 50.0. The predicted octanol–water partition coefficient (Wildman–Crippen LogP) is 14.1. The maximum Gasteiger partial charge on any atom is 0.119 e. The summed E-state index contributed by atoms with van der Waals surface area (Å²) in [6.07, 6.45) is 11.9. The number of rotatable bonds is 20. The Morgan fingerprint density at radius 2 is 0.536 bits per heavy atom. The van der Waals surface area contributed by atoms with Crippen LogP contribution in [0.4, 0.5) is 0 Å². The molecule has 0 amide bonds. The molecule has 356 valence electrons. The van der Waals surface area contributed by atoms with Gasteiger partial charge in [0.1, 0.15) is 23.0 Å². The smallest absolute Gasteiger partial charge is 0.119 e. The number of benzene rings is 4. The van der Waals surface area contributed by atoms with Gasteiger partial charge in [-0.25, -0.2) is 9.97 Å². The molecule has 0 fully saturated rings. The van der Waals surface area contributed by atoms with Crippen LogP contribution in [0, 0.1) is 0 Å². The molecule has 0 unspecified atom stereocenters. The molecular formula is C56H54N4NiO4S4. The largest absolute Gasteiger partial charge is 0.494 e. The Labute approximate surface area is 436 Å². The third kappa shape index (κ3) is 12.0. The average molecular weight is 1030 g/mol. The molecule has 0 saturated carbocycles. The molecule has 7 aromatic rings. The molecule has 69 heavy (non-hydrogen) atoms. The standard InChI is InChI=1S/C56H54N4O4S4.Ni/c65-33-1-29-61-41-13-5-37(6-14-41)53-45-21-23-47(57-45)54(38-7-15-42(16-8-38)62-30-2-34-66)49-25-27-51(59-49)56(40-11-19-44(20-12-40)64-32-4-36-68)52-28-26-50(60-52)55(48-24-22-46(53)58-48)39-9-17-43(18-10-39)63-31-3-35-67;/h5-28,57,60,65-68H,1-4,29-36H2;. The molecule has 8 bridgehead atoms. The number of thiol groups is 4. The maximum atomic E-state index is 6.06. The molecule has 0 aliphatic carbocycles. The molecule has 2 aliphatic heterocycles.